The Kier molecular flexibility index (Phi) is 4.33. The average molecular weight is 250 g/mol. The Hall–Kier alpha value is -1.39. The van der Waals surface area contributed by atoms with E-state index in [1.807, 2.05) is 16.5 Å². The number of aromatic nitrogens is 3. The van der Waals surface area contributed by atoms with Crippen LogP contribution in [0.25, 0.3) is 0 Å². The maximum absolute atomic E-state index is 12.3. The first kappa shape index (κ1) is 13.1. The van der Waals surface area contributed by atoms with E-state index in [1.54, 1.807) is 12.7 Å². The molecule has 1 saturated heterocycles. The minimum Gasteiger partial charge on any atom is -0.340 e. The molecule has 0 N–H and O–H groups in total. The molecule has 0 spiro atoms. The quantitative estimate of drug-likeness (QED) is 0.819. The zero-order valence-electron chi connectivity index (χ0n) is 11.2. The van der Waals surface area contributed by atoms with E-state index < -0.39 is 0 Å². The van der Waals surface area contributed by atoms with Gasteiger partial charge in [0.2, 0.25) is 5.91 Å². The van der Waals surface area contributed by atoms with Gasteiger partial charge in [0.25, 0.3) is 0 Å². The van der Waals surface area contributed by atoms with Crippen molar-refractivity contribution in [2.24, 2.45) is 5.92 Å². The molecule has 100 valence electrons. The Morgan fingerprint density at radius 3 is 3.06 bits per heavy atom. The van der Waals surface area contributed by atoms with E-state index in [2.05, 4.69) is 17.0 Å². The van der Waals surface area contributed by atoms with Crippen LogP contribution in [0.5, 0.6) is 0 Å². The van der Waals surface area contributed by atoms with Crippen molar-refractivity contribution < 1.29 is 4.79 Å². The smallest absolute Gasteiger partial charge is 0.225 e. The van der Waals surface area contributed by atoms with Crippen LogP contribution in [0.15, 0.2) is 12.7 Å². The van der Waals surface area contributed by atoms with E-state index >= 15 is 0 Å². The highest BCUT2D eigenvalue weighted by atomic mass is 16.2. The van der Waals surface area contributed by atoms with Gasteiger partial charge in [0.1, 0.15) is 12.7 Å². The minimum absolute atomic E-state index is 0.143. The predicted octanol–water partition coefficient (Wildman–Crippen LogP) is 1.88. The molecule has 1 fully saturated rings. The molecule has 0 bridgehead atoms. The molecule has 1 aliphatic rings. The van der Waals surface area contributed by atoms with Gasteiger partial charge >= 0.3 is 0 Å². The Morgan fingerprint density at radius 2 is 2.39 bits per heavy atom. The van der Waals surface area contributed by atoms with Gasteiger partial charge in [0.05, 0.1) is 6.04 Å². The fourth-order valence-electron chi connectivity index (χ4n) is 2.64. The molecular weight excluding hydrogens is 228 g/mol. The molecule has 18 heavy (non-hydrogen) atoms. The highest BCUT2D eigenvalue weighted by molar-refractivity contribution is 5.78. The van der Waals surface area contributed by atoms with Crippen LogP contribution in [-0.2, 0) is 4.79 Å². The number of hydrogen-bond donors (Lipinski definition) is 0. The van der Waals surface area contributed by atoms with Crippen LogP contribution in [0.1, 0.15) is 45.6 Å². The van der Waals surface area contributed by atoms with Crippen LogP contribution < -0.4 is 0 Å². The zero-order valence-corrected chi connectivity index (χ0v) is 11.2. The highest BCUT2D eigenvalue weighted by Gasteiger charge is 2.27. The van der Waals surface area contributed by atoms with Crippen LogP contribution in [0.3, 0.4) is 0 Å². The molecule has 2 rings (SSSR count). The summed E-state index contributed by atoms with van der Waals surface area (Å²) in [6.07, 6.45) is 7.47. The van der Waals surface area contributed by atoms with E-state index in [4.69, 9.17) is 0 Å². The van der Waals surface area contributed by atoms with Crippen molar-refractivity contribution in [3.8, 4) is 0 Å². The highest BCUT2D eigenvalue weighted by Crippen LogP contribution is 2.22. The van der Waals surface area contributed by atoms with E-state index in [1.165, 1.54) is 0 Å². The third kappa shape index (κ3) is 2.89. The average Bonchev–Trinajstić information content (AvgIpc) is 2.92. The molecule has 0 saturated carbocycles. The van der Waals surface area contributed by atoms with Crippen molar-refractivity contribution in [2.75, 3.05) is 13.1 Å². The molecule has 2 unspecified atom stereocenters. The number of likely N-dealkylation sites (tertiary alicyclic amines) is 1. The van der Waals surface area contributed by atoms with Gasteiger partial charge in [-0.05, 0) is 19.3 Å². The number of piperidine rings is 1. The maximum atomic E-state index is 12.3. The van der Waals surface area contributed by atoms with Crippen molar-refractivity contribution in [2.45, 2.75) is 45.6 Å². The SMILES string of the molecule is CCCC(C)C(=O)N1CCCC(n2cncn2)C1. The van der Waals surface area contributed by atoms with Crippen LogP contribution in [0.4, 0.5) is 0 Å². The Labute approximate surface area is 108 Å². The van der Waals surface area contributed by atoms with E-state index in [-0.39, 0.29) is 5.92 Å². The summed E-state index contributed by atoms with van der Waals surface area (Å²) < 4.78 is 1.88. The molecule has 0 aromatic carbocycles. The van der Waals surface area contributed by atoms with Gasteiger partial charge in [0, 0.05) is 19.0 Å². The summed E-state index contributed by atoms with van der Waals surface area (Å²) in [5, 5.41) is 4.18. The van der Waals surface area contributed by atoms with Crippen molar-refractivity contribution >= 4 is 5.91 Å². The van der Waals surface area contributed by atoms with E-state index in [9.17, 15) is 4.79 Å². The van der Waals surface area contributed by atoms with E-state index in [0.29, 0.717) is 11.9 Å². The largest absolute Gasteiger partial charge is 0.340 e. The molecule has 1 amide bonds. The second-order valence-electron chi connectivity index (χ2n) is 5.15. The summed E-state index contributed by atoms with van der Waals surface area (Å²) >= 11 is 0. The van der Waals surface area contributed by atoms with Crippen molar-refractivity contribution in [1.29, 1.82) is 0 Å². The number of carbonyl (C=O) groups excluding carboxylic acids is 1. The van der Waals surface area contributed by atoms with Crippen LogP contribution >= 0.6 is 0 Å². The van der Waals surface area contributed by atoms with Crippen LogP contribution in [-0.4, -0.2) is 38.7 Å². The lowest BCUT2D eigenvalue weighted by atomic mass is 10.0. The lowest BCUT2D eigenvalue weighted by Crippen LogP contribution is -2.43. The molecule has 1 aromatic rings. The summed E-state index contributed by atoms with van der Waals surface area (Å²) in [4.78, 5) is 18.3. The Morgan fingerprint density at radius 1 is 1.56 bits per heavy atom. The zero-order chi connectivity index (χ0) is 13.0. The second kappa shape index (κ2) is 5.98. The van der Waals surface area contributed by atoms with Gasteiger partial charge in [-0.2, -0.15) is 5.10 Å². The van der Waals surface area contributed by atoms with Crippen LogP contribution in [0, 0.1) is 5.92 Å². The monoisotopic (exact) mass is 250 g/mol. The third-order valence-electron chi connectivity index (χ3n) is 3.66. The van der Waals surface area contributed by atoms with Crippen molar-refractivity contribution in [1.82, 2.24) is 19.7 Å². The van der Waals surface area contributed by atoms with Crippen molar-refractivity contribution in [3.63, 3.8) is 0 Å². The van der Waals surface area contributed by atoms with Gasteiger partial charge in [-0.3, -0.25) is 4.79 Å². The van der Waals surface area contributed by atoms with Crippen molar-refractivity contribution in [3.05, 3.63) is 12.7 Å². The lowest BCUT2D eigenvalue weighted by molar-refractivity contribution is -0.137. The van der Waals surface area contributed by atoms with Crippen LogP contribution in [0.2, 0.25) is 0 Å². The molecule has 0 aliphatic carbocycles. The first-order valence-electron chi connectivity index (χ1n) is 6.85. The molecule has 5 nitrogen and oxygen atoms in total. The van der Waals surface area contributed by atoms with E-state index in [0.717, 1.165) is 38.8 Å². The predicted molar refractivity (Wildman–Crippen MR) is 68.9 cm³/mol. The summed E-state index contributed by atoms with van der Waals surface area (Å²) in [6.45, 7) is 5.82. The van der Waals surface area contributed by atoms with Gasteiger partial charge < -0.3 is 4.90 Å². The van der Waals surface area contributed by atoms with Gasteiger partial charge in [-0.15, -0.1) is 0 Å². The molecule has 2 atom stereocenters. The maximum Gasteiger partial charge on any atom is 0.225 e. The minimum atomic E-state index is 0.143. The fourth-order valence-corrected chi connectivity index (χ4v) is 2.64. The normalized spacial score (nSPS) is 21.9. The standard InChI is InChI=1S/C13H22N4O/c1-3-5-11(2)13(18)16-7-4-6-12(8-16)17-10-14-9-15-17/h9-12H,3-8H2,1-2H3. The molecule has 1 aliphatic heterocycles. The third-order valence-corrected chi connectivity index (χ3v) is 3.66. The van der Waals surface area contributed by atoms with Gasteiger partial charge in [0.15, 0.2) is 0 Å². The molecular formula is C13H22N4O. The van der Waals surface area contributed by atoms with Gasteiger partial charge in [-0.25, -0.2) is 9.67 Å². The Balaban J connectivity index is 1.96. The molecule has 1 aromatic heterocycles. The number of rotatable bonds is 4. The number of amides is 1. The summed E-state index contributed by atoms with van der Waals surface area (Å²) in [5.74, 6) is 0.436. The van der Waals surface area contributed by atoms with Gasteiger partial charge in [-0.1, -0.05) is 20.3 Å². The number of nitrogens with zero attached hydrogens (tertiary/aromatic N) is 4. The fraction of sp³-hybridized carbons (Fsp3) is 0.769. The topological polar surface area (TPSA) is 51.0 Å². The lowest BCUT2D eigenvalue weighted by Gasteiger charge is -2.34. The molecule has 2 heterocycles. The second-order valence-corrected chi connectivity index (χ2v) is 5.15. The summed E-state index contributed by atoms with van der Waals surface area (Å²) in [7, 11) is 0. The first-order chi connectivity index (χ1) is 8.72. The molecule has 5 heteroatoms. The Bertz CT molecular complexity index is 376. The number of carbonyl (C=O) groups is 1. The molecule has 0 radical (unpaired) electrons. The summed E-state index contributed by atoms with van der Waals surface area (Å²) in [6, 6.07) is 0.291. The number of hydrogen-bond acceptors (Lipinski definition) is 3. The first-order valence-corrected chi connectivity index (χ1v) is 6.85. The summed E-state index contributed by atoms with van der Waals surface area (Å²) in [5.41, 5.74) is 0.